The van der Waals surface area contributed by atoms with Gasteiger partial charge in [-0.2, -0.15) is 0 Å². The Morgan fingerprint density at radius 1 is 1.06 bits per heavy atom. The lowest BCUT2D eigenvalue weighted by Gasteiger charge is -2.26. The molecular weight excluding hydrogens is 196 g/mol. The SMILES string of the molecule is CCNCC1CCN(CC2CCCCC2)C1. The predicted octanol–water partition coefficient (Wildman–Crippen LogP) is 2.50. The predicted molar refractivity (Wildman–Crippen MR) is 69.7 cm³/mol. The first-order valence-corrected chi connectivity index (χ1v) is 7.31. The van der Waals surface area contributed by atoms with Gasteiger partial charge in [-0.1, -0.05) is 26.2 Å². The molecule has 1 atom stereocenters. The molecule has 94 valence electrons. The molecule has 0 amide bonds. The van der Waals surface area contributed by atoms with Gasteiger partial charge in [-0.05, 0) is 50.7 Å². The number of nitrogens with one attached hydrogen (secondary N) is 1. The van der Waals surface area contributed by atoms with Crippen molar-refractivity contribution in [2.75, 3.05) is 32.7 Å². The van der Waals surface area contributed by atoms with E-state index in [1.807, 2.05) is 0 Å². The number of nitrogens with zero attached hydrogens (tertiary/aromatic N) is 1. The molecule has 2 fully saturated rings. The maximum Gasteiger partial charge on any atom is 0.00224 e. The molecule has 0 radical (unpaired) electrons. The Labute approximate surface area is 101 Å². The molecule has 0 aromatic heterocycles. The lowest BCUT2D eigenvalue weighted by atomic mass is 9.89. The van der Waals surface area contributed by atoms with Gasteiger partial charge in [0.25, 0.3) is 0 Å². The first kappa shape index (κ1) is 12.4. The van der Waals surface area contributed by atoms with E-state index in [0.717, 1.165) is 18.4 Å². The highest BCUT2D eigenvalue weighted by molar-refractivity contribution is 4.79. The Morgan fingerprint density at radius 3 is 2.62 bits per heavy atom. The van der Waals surface area contributed by atoms with Gasteiger partial charge in [-0.3, -0.25) is 0 Å². The molecule has 2 rings (SSSR count). The highest BCUT2D eigenvalue weighted by Crippen LogP contribution is 2.26. The molecule has 1 heterocycles. The lowest BCUT2D eigenvalue weighted by Crippen LogP contribution is -2.30. The van der Waals surface area contributed by atoms with Crippen molar-refractivity contribution in [3.05, 3.63) is 0 Å². The lowest BCUT2D eigenvalue weighted by molar-refractivity contribution is 0.227. The summed E-state index contributed by atoms with van der Waals surface area (Å²) >= 11 is 0. The smallest absolute Gasteiger partial charge is 0.00224 e. The highest BCUT2D eigenvalue weighted by Gasteiger charge is 2.24. The minimum Gasteiger partial charge on any atom is -0.317 e. The molecule has 1 aliphatic carbocycles. The van der Waals surface area contributed by atoms with E-state index in [-0.39, 0.29) is 0 Å². The van der Waals surface area contributed by atoms with Crippen LogP contribution >= 0.6 is 0 Å². The van der Waals surface area contributed by atoms with Gasteiger partial charge >= 0.3 is 0 Å². The fourth-order valence-electron chi connectivity index (χ4n) is 3.33. The van der Waals surface area contributed by atoms with Gasteiger partial charge in [-0.15, -0.1) is 0 Å². The fraction of sp³-hybridized carbons (Fsp3) is 1.00. The van der Waals surface area contributed by atoms with Crippen LogP contribution < -0.4 is 5.32 Å². The zero-order valence-electron chi connectivity index (χ0n) is 10.9. The molecule has 0 spiro atoms. The van der Waals surface area contributed by atoms with Crippen LogP contribution in [0.3, 0.4) is 0 Å². The van der Waals surface area contributed by atoms with Crippen molar-refractivity contribution in [2.24, 2.45) is 11.8 Å². The van der Waals surface area contributed by atoms with Crippen molar-refractivity contribution < 1.29 is 0 Å². The third-order valence-electron chi connectivity index (χ3n) is 4.29. The maximum absolute atomic E-state index is 3.49. The van der Waals surface area contributed by atoms with Crippen LogP contribution in [0.2, 0.25) is 0 Å². The molecule has 1 saturated heterocycles. The maximum atomic E-state index is 3.49. The van der Waals surface area contributed by atoms with E-state index in [1.165, 1.54) is 64.7 Å². The van der Waals surface area contributed by atoms with Gasteiger partial charge in [0.2, 0.25) is 0 Å². The van der Waals surface area contributed by atoms with E-state index < -0.39 is 0 Å². The number of likely N-dealkylation sites (tertiary alicyclic amines) is 1. The molecule has 2 heteroatoms. The van der Waals surface area contributed by atoms with E-state index in [9.17, 15) is 0 Å². The molecule has 2 nitrogen and oxygen atoms in total. The summed E-state index contributed by atoms with van der Waals surface area (Å²) in [5.74, 6) is 1.94. The summed E-state index contributed by atoms with van der Waals surface area (Å²) in [6.45, 7) is 8.66. The van der Waals surface area contributed by atoms with Crippen LogP contribution in [-0.2, 0) is 0 Å². The molecule has 0 bridgehead atoms. The van der Waals surface area contributed by atoms with Crippen LogP contribution in [-0.4, -0.2) is 37.6 Å². The van der Waals surface area contributed by atoms with Gasteiger partial charge in [0.05, 0.1) is 0 Å². The van der Waals surface area contributed by atoms with Crippen molar-refractivity contribution in [1.82, 2.24) is 10.2 Å². The minimum atomic E-state index is 0.920. The van der Waals surface area contributed by atoms with Crippen LogP contribution in [0.4, 0.5) is 0 Å². The molecular formula is C14H28N2. The Bertz CT molecular complexity index is 187. The first-order valence-electron chi connectivity index (χ1n) is 7.31. The van der Waals surface area contributed by atoms with E-state index in [0.29, 0.717) is 0 Å². The Hall–Kier alpha value is -0.0800. The fourth-order valence-corrected chi connectivity index (χ4v) is 3.33. The number of rotatable bonds is 5. The highest BCUT2D eigenvalue weighted by atomic mass is 15.1. The second-order valence-electron chi connectivity index (χ2n) is 5.73. The first-order chi connectivity index (χ1) is 7.88. The van der Waals surface area contributed by atoms with Crippen molar-refractivity contribution in [3.63, 3.8) is 0 Å². The van der Waals surface area contributed by atoms with Crippen LogP contribution in [0.5, 0.6) is 0 Å². The molecule has 0 aromatic carbocycles. The molecule has 2 aliphatic rings. The number of hydrogen-bond acceptors (Lipinski definition) is 2. The monoisotopic (exact) mass is 224 g/mol. The van der Waals surface area contributed by atoms with Crippen LogP contribution in [0.15, 0.2) is 0 Å². The molecule has 0 aromatic rings. The summed E-state index contributed by atoms with van der Waals surface area (Å²) in [6, 6.07) is 0. The summed E-state index contributed by atoms with van der Waals surface area (Å²) in [5.41, 5.74) is 0. The Kier molecular flexibility index (Phi) is 5.11. The van der Waals surface area contributed by atoms with Crippen molar-refractivity contribution >= 4 is 0 Å². The summed E-state index contributed by atoms with van der Waals surface area (Å²) in [7, 11) is 0. The third-order valence-corrected chi connectivity index (χ3v) is 4.29. The molecule has 1 N–H and O–H groups in total. The standard InChI is InChI=1S/C14H28N2/c1-2-15-10-14-8-9-16(12-14)11-13-6-4-3-5-7-13/h13-15H,2-12H2,1H3. The summed E-state index contributed by atoms with van der Waals surface area (Å²) < 4.78 is 0. The quantitative estimate of drug-likeness (QED) is 0.772. The van der Waals surface area contributed by atoms with Crippen LogP contribution in [0.25, 0.3) is 0 Å². The second-order valence-corrected chi connectivity index (χ2v) is 5.73. The molecule has 1 unspecified atom stereocenters. The van der Waals surface area contributed by atoms with E-state index in [2.05, 4.69) is 17.1 Å². The van der Waals surface area contributed by atoms with Crippen molar-refractivity contribution in [3.8, 4) is 0 Å². The average Bonchev–Trinajstić information content (AvgIpc) is 2.75. The van der Waals surface area contributed by atoms with E-state index >= 15 is 0 Å². The van der Waals surface area contributed by atoms with E-state index in [1.54, 1.807) is 0 Å². The van der Waals surface area contributed by atoms with Crippen LogP contribution in [0.1, 0.15) is 45.4 Å². The number of hydrogen-bond donors (Lipinski definition) is 1. The average molecular weight is 224 g/mol. The minimum absolute atomic E-state index is 0.920. The van der Waals surface area contributed by atoms with E-state index in [4.69, 9.17) is 0 Å². The van der Waals surface area contributed by atoms with Gasteiger partial charge in [0.15, 0.2) is 0 Å². The third kappa shape index (κ3) is 3.74. The topological polar surface area (TPSA) is 15.3 Å². The van der Waals surface area contributed by atoms with Crippen LogP contribution in [0, 0.1) is 11.8 Å². The van der Waals surface area contributed by atoms with Crippen molar-refractivity contribution in [1.29, 1.82) is 0 Å². The Morgan fingerprint density at radius 2 is 1.88 bits per heavy atom. The van der Waals surface area contributed by atoms with Crippen molar-refractivity contribution in [2.45, 2.75) is 45.4 Å². The summed E-state index contributed by atoms with van der Waals surface area (Å²) in [6.07, 6.45) is 8.86. The molecule has 1 aliphatic heterocycles. The summed E-state index contributed by atoms with van der Waals surface area (Å²) in [4.78, 5) is 2.72. The zero-order chi connectivity index (χ0) is 11.2. The zero-order valence-corrected chi connectivity index (χ0v) is 10.9. The summed E-state index contributed by atoms with van der Waals surface area (Å²) in [5, 5.41) is 3.49. The van der Waals surface area contributed by atoms with Gasteiger partial charge < -0.3 is 10.2 Å². The molecule has 1 saturated carbocycles. The van der Waals surface area contributed by atoms with Gasteiger partial charge in [0, 0.05) is 13.1 Å². The largest absolute Gasteiger partial charge is 0.317 e. The Balaban J connectivity index is 1.63. The van der Waals surface area contributed by atoms with Gasteiger partial charge in [-0.25, -0.2) is 0 Å². The molecule has 16 heavy (non-hydrogen) atoms. The normalized spacial score (nSPS) is 28.7. The second kappa shape index (κ2) is 6.61. The van der Waals surface area contributed by atoms with Gasteiger partial charge in [0.1, 0.15) is 0 Å².